The van der Waals surface area contributed by atoms with Crippen molar-refractivity contribution in [2.24, 2.45) is 0 Å². The summed E-state index contributed by atoms with van der Waals surface area (Å²) in [5.74, 6) is 0.346. The maximum atomic E-state index is 12.2. The Balaban J connectivity index is 1.44. The Hall–Kier alpha value is -2.89. The minimum Gasteiger partial charge on any atom is -0.484 e. The molecule has 0 bridgehead atoms. The van der Waals surface area contributed by atoms with E-state index in [-0.39, 0.29) is 12.5 Å². The molecule has 6 heteroatoms. The van der Waals surface area contributed by atoms with E-state index in [4.69, 9.17) is 16.3 Å². The van der Waals surface area contributed by atoms with Gasteiger partial charge in [0.05, 0.1) is 5.69 Å². The predicted octanol–water partition coefficient (Wildman–Crippen LogP) is 5.94. The molecule has 0 radical (unpaired) electrons. The summed E-state index contributed by atoms with van der Waals surface area (Å²) in [6.45, 7) is 1.80. The molecule has 4 aromatic rings. The number of fused-ring (bicyclic) bond motifs is 1. The van der Waals surface area contributed by atoms with Crippen molar-refractivity contribution in [2.75, 3.05) is 11.9 Å². The van der Waals surface area contributed by atoms with Crippen LogP contribution in [-0.4, -0.2) is 17.5 Å². The smallest absolute Gasteiger partial charge is 0.264 e. The van der Waals surface area contributed by atoms with Crippen LogP contribution in [0, 0.1) is 6.92 Å². The molecule has 0 aliphatic carbocycles. The molecule has 0 aliphatic rings. The van der Waals surface area contributed by atoms with E-state index in [9.17, 15) is 4.79 Å². The van der Waals surface area contributed by atoms with Gasteiger partial charge in [-0.15, -0.1) is 11.3 Å². The summed E-state index contributed by atoms with van der Waals surface area (Å²) in [5.41, 5.74) is 2.79. The number of amides is 1. The molecule has 0 aliphatic heterocycles. The number of carbonyl (C=O) groups is 1. The van der Waals surface area contributed by atoms with E-state index in [0.717, 1.165) is 27.6 Å². The topological polar surface area (TPSA) is 51.2 Å². The fourth-order valence-corrected chi connectivity index (χ4v) is 3.76. The molecular weight excluding hydrogens is 392 g/mol. The van der Waals surface area contributed by atoms with Crippen molar-refractivity contribution in [1.29, 1.82) is 0 Å². The van der Waals surface area contributed by atoms with Crippen LogP contribution in [-0.2, 0) is 4.79 Å². The quantitative estimate of drug-likeness (QED) is 0.444. The number of halogens is 1. The predicted molar refractivity (Wildman–Crippen MR) is 115 cm³/mol. The van der Waals surface area contributed by atoms with E-state index >= 15 is 0 Å². The Morgan fingerprint density at radius 2 is 1.96 bits per heavy atom. The molecule has 4 rings (SSSR count). The highest BCUT2D eigenvalue weighted by atomic mass is 35.5. The van der Waals surface area contributed by atoms with Crippen molar-refractivity contribution in [1.82, 2.24) is 4.98 Å². The molecule has 4 nitrogen and oxygen atoms in total. The van der Waals surface area contributed by atoms with Crippen molar-refractivity contribution in [3.63, 3.8) is 0 Å². The van der Waals surface area contributed by atoms with E-state index in [1.807, 2.05) is 36.6 Å². The molecule has 0 unspecified atom stereocenters. The van der Waals surface area contributed by atoms with Crippen LogP contribution in [0.1, 0.15) is 5.56 Å². The number of nitrogens with one attached hydrogen (secondary N) is 1. The zero-order valence-corrected chi connectivity index (χ0v) is 16.7. The van der Waals surface area contributed by atoms with E-state index in [2.05, 4.69) is 28.5 Å². The number of hydrogen-bond donors (Lipinski definition) is 1. The second-order valence-corrected chi connectivity index (χ2v) is 7.58. The van der Waals surface area contributed by atoms with Gasteiger partial charge in [-0.2, -0.15) is 0 Å². The summed E-state index contributed by atoms with van der Waals surface area (Å²) >= 11 is 7.39. The lowest BCUT2D eigenvalue weighted by molar-refractivity contribution is -0.118. The highest BCUT2D eigenvalue weighted by molar-refractivity contribution is 7.14. The average Bonchev–Trinajstić information content (AvgIpc) is 3.16. The van der Waals surface area contributed by atoms with Gasteiger partial charge in [-0.3, -0.25) is 10.1 Å². The molecule has 28 heavy (non-hydrogen) atoms. The fraction of sp³-hybridized carbons (Fsp3) is 0.0909. The van der Waals surface area contributed by atoms with Gasteiger partial charge in [0.2, 0.25) is 0 Å². The highest BCUT2D eigenvalue weighted by Crippen LogP contribution is 2.31. The molecule has 0 spiro atoms. The third kappa shape index (κ3) is 4.01. The van der Waals surface area contributed by atoms with Crippen LogP contribution in [0.15, 0.2) is 66.0 Å². The fourth-order valence-electron chi connectivity index (χ4n) is 2.91. The van der Waals surface area contributed by atoms with Gasteiger partial charge in [-0.05, 0) is 41.5 Å². The summed E-state index contributed by atoms with van der Waals surface area (Å²) in [6.07, 6.45) is 0. The van der Waals surface area contributed by atoms with Crippen molar-refractivity contribution < 1.29 is 9.53 Å². The van der Waals surface area contributed by atoms with Gasteiger partial charge in [0, 0.05) is 16.0 Å². The Labute approximate surface area is 171 Å². The minimum absolute atomic E-state index is 0.0930. The van der Waals surface area contributed by atoms with Gasteiger partial charge in [0.15, 0.2) is 11.7 Å². The molecule has 0 saturated carbocycles. The Morgan fingerprint density at radius 3 is 2.82 bits per heavy atom. The number of thiazole rings is 1. The maximum Gasteiger partial charge on any atom is 0.264 e. The first kappa shape index (κ1) is 18.5. The summed E-state index contributed by atoms with van der Waals surface area (Å²) in [4.78, 5) is 16.8. The van der Waals surface area contributed by atoms with Crippen molar-refractivity contribution in [3.8, 4) is 17.0 Å². The number of aromatic nitrogens is 1. The standard InChI is InChI=1S/C22H17ClN2O2S/c1-14-11-16(9-10-19(14)23)27-12-21(26)25-22-24-20(13-28-22)18-8-4-6-15-5-2-3-7-17(15)18/h2-11,13H,12H2,1H3,(H,24,25,26). The van der Waals surface area contributed by atoms with E-state index < -0.39 is 0 Å². The molecule has 0 saturated heterocycles. The van der Waals surface area contributed by atoms with Crippen LogP contribution in [0.25, 0.3) is 22.0 Å². The number of aryl methyl sites for hydroxylation is 1. The van der Waals surface area contributed by atoms with Crippen LogP contribution in [0.4, 0.5) is 5.13 Å². The zero-order valence-electron chi connectivity index (χ0n) is 15.1. The minimum atomic E-state index is -0.258. The number of hydrogen-bond acceptors (Lipinski definition) is 4. The zero-order chi connectivity index (χ0) is 19.5. The van der Waals surface area contributed by atoms with E-state index in [1.165, 1.54) is 11.3 Å². The van der Waals surface area contributed by atoms with E-state index in [1.54, 1.807) is 18.2 Å². The average molecular weight is 409 g/mol. The lowest BCUT2D eigenvalue weighted by Crippen LogP contribution is -2.20. The van der Waals surface area contributed by atoms with Gasteiger partial charge in [-0.1, -0.05) is 54.1 Å². The number of nitrogens with zero attached hydrogens (tertiary/aromatic N) is 1. The Kier molecular flexibility index (Phi) is 5.28. The van der Waals surface area contributed by atoms with Gasteiger partial charge in [0.25, 0.3) is 5.91 Å². The lowest BCUT2D eigenvalue weighted by atomic mass is 10.0. The van der Waals surface area contributed by atoms with Gasteiger partial charge in [0.1, 0.15) is 5.75 Å². The molecular formula is C22H17ClN2O2S. The molecule has 140 valence electrons. The summed E-state index contributed by atoms with van der Waals surface area (Å²) in [5, 5.41) is 8.24. The first-order valence-corrected chi connectivity index (χ1v) is 9.98. The molecule has 3 aromatic carbocycles. The second kappa shape index (κ2) is 8.00. The first-order valence-electron chi connectivity index (χ1n) is 8.72. The van der Waals surface area contributed by atoms with Crippen LogP contribution < -0.4 is 10.1 Å². The van der Waals surface area contributed by atoms with Crippen LogP contribution >= 0.6 is 22.9 Å². The van der Waals surface area contributed by atoms with Crippen molar-refractivity contribution >= 4 is 44.7 Å². The monoisotopic (exact) mass is 408 g/mol. The molecule has 0 atom stereocenters. The van der Waals surface area contributed by atoms with Gasteiger partial charge < -0.3 is 4.74 Å². The highest BCUT2D eigenvalue weighted by Gasteiger charge is 2.11. The summed E-state index contributed by atoms with van der Waals surface area (Å²) in [7, 11) is 0. The number of carbonyl (C=O) groups excluding carboxylic acids is 1. The second-order valence-electron chi connectivity index (χ2n) is 6.31. The van der Waals surface area contributed by atoms with Gasteiger partial charge >= 0.3 is 0 Å². The Morgan fingerprint density at radius 1 is 1.14 bits per heavy atom. The summed E-state index contributed by atoms with van der Waals surface area (Å²) in [6, 6.07) is 19.6. The molecule has 1 amide bonds. The lowest BCUT2D eigenvalue weighted by Gasteiger charge is -2.07. The van der Waals surface area contributed by atoms with Gasteiger partial charge in [-0.25, -0.2) is 4.98 Å². The normalized spacial score (nSPS) is 10.8. The summed E-state index contributed by atoms with van der Waals surface area (Å²) < 4.78 is 5.53. The largest absolute Gasteiger partial charge is 0.484 e. The van der Waals surface area contributed by atoms with Crippen LogP contribution in [0.2, 0.25) is 5.02 Å². The molecule has 1 aromatic heterocycles. The third-order valence-electron chi connectivity index (χ3n) is 4.32. The third-order valence-corrected chi connectivity index (χ3v) is 5.50. The first-order chi connectivity index (χ1) is 13.6. The van der Waals surface area contributed by atoms with E-state index in [0.29, 0.717) is 15.9 Å². The Bertz CT molecular complexity index is 1150. The number of ether oxygens (including phenoxy) is 1. The number of rotatable bonds is 5. The molecule has 1 N–H and O–H groups in total. The SMILES string of the molecule is Cc1cc(OCC(=O)Nc2nc(-c3cccc4ccccc34)cs2)ccc1Cl. The van der Waals surface area contributed by atoms with Crippen LogP contribution in [0.5, 0.6) is 5.75 Å². The molecule has 1 heterocycles. The molecule has 0 fully saturated rings. The maximum absolute atomic E-state index is 12.2. The van der Waals surface area contributed by atoms with Crippen LogP contribution in [0.3, 0.4) is 0 Å². The number of benzene rings is 3. The number of anilines is 1. The van der Waals surface area contributed by atoms with Crippen molar-refractivity contribution in [2.45, 2.75) is 6.92 Å². The van der Waals surface area contributed by atoms with Crippen molar-refractivity contribution in [3.05, 3.63) is 76.6 Å².